The number of nitrogens with zero attached hydrogens (tertiary/aromatic N) is 4. The van der Waals surface area contributed by atoms with Gasteiger partial charge in [-0.05, 0) is 56.1 Å². The van der Waals surface area contributed by atoms with Crippen LogP contribution >= 0.6 is 0 Å². The molecule has 160 valence electrons. The summed E-state index contributed by atoms with van der Waals surface area (Å²) in [5.74, 6) is 0.547. The highest BCUT2D eigenvalue weighted by molar-refractivity contribution is 5.97. The average molecular weight is 419 g/mol. The molecule has 4 aromatic rings. The number of hydrogen-bond acceptors (Lipinski definition) is 5. The Labute approximate surface area is 179 Å². The topological polar surface area (TPSA) is 80.9 Å². The van der Waals surface area contributed by atoms with Gasteiger partial charge in [-0.15, -0.1) is 0 Å². The molecule has 31 heavy (non-hydrogen) atoms. The van der Waals surface area contributed by atoms with Crippen LogP contribution in [0.5, 0.6) is 5.75 Å². The zero-order valence-corrected chi connectivity index (χ0v) is 17.8. The van der Waals surface area contributed by atoms with Gasteiger partial charge in [0.15, 0.2) is 0 Å². The molecule has 0 unspecified atom stereocenters. The molecule has 0 spiro atoms. The molecule has 0 bridgehead atoms. The normalized spacial score (nSPS) is 11.4. The molecule has 0 saturated carbocycles. The summed E-state index contributed by atoms with van der Waals surface area (Å²) >= 11 is 0. The second kappa shape index (κ2) is 8.61. The van der Waals surface area contributed by atoms with Gasteiger partial charge in [0.2, 0.25) is 0 Å². The number of nitrogens with one attached hydrogen (secondary N) is 1. The lowest BCUT2D eigenvalue weighted by molar-refractivity contribution is 0.0951. The molecule has 8 heteroatoms. The number of amides is 1. The quantitative estimate of drug-likeness (QED) is 0.496. The van der Waals surface area contributed by atoms with Crippen molar-refractivity contribution in [1.82, 2.24) is 24.4 Å². The van der Waals surface area contributed by atoms with E-state index in [2.05, 4.69) is 10.4 Å². The maximum absolute atomic E-state index is 13.3. The molecule has 2 heterocycles. The maximum atomic E-state index is 13.3. The number of likely N-dealkylation sites (N-methyl/N-ethyl adjacent to an activating group) is 1. The van der Waals surface area contributed by atoms with Crippen LogP contribution in [-0.4, -0.2) is 59.3 Å². The monoisotopic (exact) mass is 419 g/mol. The molecule has 8 nitrogen and oxygen atoms in total. The van der Waals surface area contributed by atoms with E-state index in [0.717, 1.165) is 23.4 Å². The summed E-state index contributed by atoms with van der Waals surface area (Å²) in [6.45, 7) is 1.63. The largest absolute Gasteiger partial charge is 0.497 e. The molecule has 0 fully saturated rings. The smallest absolute Gasteiger partial charge is 0.277 e. The van der Waals surface area contributed by atoms with E-state index in [9.17, 15) is 9.59 Å². The van der Waals surface area contributed by atoms with E-state index in [0.29, 0.717) is 29.7 Å². The van der Waals surface area contributed by atoms with Crippen LogP contribution in [0.4, 0.5) is 0 Å². The number of carbonyl (C=O) groups excluding carboxylic acids is 1. The van der Waals surface area contributed by atoms with Gasteiger partial charge in [-0.2, -0.15) is 5.10 Å². The van der Waals surface area contributed by atoms with E-state index < -0.39 is 0 Å². The van der Waals surface area contributed by atoms with Crippen LogP contribution in [-0.2, 0) is 6.54 Å². The van der Waals surface area contributed by atoms with Crippen molar-refractivity contribution in [2.75, 3.05) is 34.3 Å². The lowest BCUT2D eigenvalue weighted by Gasteiger charge is -2.14. The van der Waals surface area contributed by atoms with Crippen molar-refractivity contribution in [2.24, 2.45) is 0 Å². The van der Waals surface area contributed by atoms with Crippen LogP contribution in [0.25, 0.3) is 16.6 Å². The fourth-order valence-corrected chi connectivity index (χ4v) is 3.57. The Morgan fingerprint density at radius 1 is 1.10 bits per heavy atom. The van der Waals surface area contributed by atoms with Crippen LogP contribution in [0, 0.1) is 0 Å². The van der Waals surface area contributed by atoms with Crippen molar-refractivity contribution >= 4 is 22.5 Å². The highest BCUT2D eigenvalue weighted by Gasteiger charge is 2.15. The third-order valence-electron chi connectivity index (χ3n) is 5.18. The minimum absolute atomic E-state index is 0.169. The second-order valence-corrected chi connectivity index (χ2v) is 7.63. The van der Waals surface area contributed by atoms with Crippen LogP contribution in [0.3, 0.4) is 0 Å². The molecular weight excluding hydrogens is 394 g/mol. The van der Waals surface area contributed by atoms with Crippen molar-refractivity contribution in [3.63, 3.8) is 0 Å². The van der Waals surface area contributed by atoms with Gasteiger partial charge in [-0.1, -0.05) is 12.1 Å². The molecular formula is C23H25N5O3. The Hall–Kier alpha value is -3.65. The third kappa shape index (κ3) is 4.15. The Bertz CT molecular complexity index is 1310. The minimum Gasteiger partial charge on any atom is -0.497 e. The number of rotatable bonds is 7. The summed E-state index contributed by atoms with van der Waals surface area (Å²) in [5.41, 5.74) is 3.14. The van der Waals surface area contributed by atoms with Gasteiger partial charge < -0.3 is 19.5 Å². The molecule has 0 radical (unpaired) electrons. The van der Waals surface area contributed by atoms with Gasteiger partial charge in [0.1, 0.15) is 11.3 Å². The highest BCUT2D eigenvalue weighted by atomic mass is 16.5. The summed E-state index contributed by atoms with van der Waals surface area (Å²) < 4.78 is 8.61. The molecule has 0 atom stereocenters. The minimum atomic E-state index is -0.176. The number of benzene rings is 2. The van der Waals surface area contributed by atoms with E-state index in [1.807, 2.05) is 49.3 Å². The first-order valence-corrected chi connectivity index (χ1v) is 10.0. The van der Waals surface area contributed by atoms with Crippen molar-refractivity contribution in [3.8, 4) is 5.75 Å². The molecule has 0 aliphatic rings. The lowest BCUT2D eigenvalue weighted by Crippen LogP contribution is -2.31. The molecule has 0 aliphatic carbocycles. The zero-order chi connectivity index (χ0) is 22.0. The lowest BCUT2D eigenvalue weighted by atomic mass is 10.1. The molecule has 4 rings (SSSR count). The molecule has 0 saturated heterocycles. The first kappa shape index (κ1) is 20.6. The van der Waals surface area contributed by atoms with Crippen molar-refractivity contribution in [2.45, 2.75) is 6.54 Å². The van der Waals surface area contributed by atoms with E-state index in [1.165, 1.54) is 0 Å². The standard InChI is InChI=1S/C23H25N5O3/c1-26(2)12-11-24-22(29)17-7-8-19-21(14-17)27(23(30)20-9-10-25-28(19)20)15-16-5-4-6-18(13-16)31-3/h4-10,13-14H,11-12,15H2,1-3H3,(H,24,29). The van der Waals surface area contributed by atoms with Crippen LogP contribution in [0.2, 0.25) is 0 Å². The molecule has 2 aromatic heterocycles. The van der Waals surface area contributed by atoms with Crippen molar-refractivity contribution in [3.05, 3.63) is 76.2 Å². The Morgan fingerprint density at radius 3 is 2.71 bits per heavy atom. The molecule has 1 amide bonds. The van der Waals surface area contributed by atoms with Crippen molar-refractivity contribution in [1.29, 1.82) is 0 Å². The summed E-state index contributed by atoms with van der Waals surface area (Å²) in [4.78, 5) is 27.9. The average Bonchev–Trinajstić information content (AvgIpc) is 3.26. The Morgan fingerprint density at radius 2 is 1.94 bits per heavy atom. The van der Waals surface area contributed by atoms with Crippen LogP contribution < -0.4 is 15.6 Å². The Kier molecular flexibility index (Phi) is 5.73. The predicted octanol–water partition coefficient (Wildman–Crippen LogP) is 2.00. The summed E-state index contributed by atoms with van der Waals surface area (Å²) in [6, 6.07) is 14.6. The summed E-state index contributed by atoms with van der Waals surface area (Å²) in [5, 5.41) is 7.22. The summed E-state index contributed by atoms with van der Waals surface area (Å²) in [7, 11) is 5.52. The Balaban J connectivity index is 1.80. The van der Waals surface area contributed by atoms with Gasteiger partial charge in [0, 0.05) is 18.7 Å². The fourth-order valence-electron chi connectivity index (χ4n) is 3.57. The van der Waals surface area contributed by atoms with Gasteiger partial charge in [-0.25, -0.2) is 4.52 Å². The SMILES string of the molecule is COc1cccc(Cn2c(=O)c3ccnn3c3ccc(C(=O)NCCN(C)C)cc32)c1. The zero-order valence-electron chi connectivity index (χ0n) is 17.8. The number of methoxy groups -OCH3 is 1. The first-order chi connectivity index (χ1) is 15.0. The maximum Gasteiger partial charge on any atom is 0.277 e. The van der Waals surface area contributed by atoms with Gasteiger partial charge in [-0.3, -0.25) is 9.59 Å². The van der Waals surface area contributed by atoms with Gasteiger partial charge in [0.25, 0.3) is 11.5 Å². The van der Waals surface area contributed by atoms with Crippen LogP contribution in [0.1, 0.15) is 15.9 Å². The highest BCUT2D eigenvalue weighted by Crippen LogP contribution is 2.19. The second-order valence-electron chi connectivity index (χ2n) is 7.63. The third-order valence-corrected chi connectivity index (χ3v) is 5.18. The fraction of sp³-hybridized carbons (Fsp3) is 0.261. The number of carbonyl (C=O) groups is 1. The number of hydrogen-bond donors (Lipinski definition) is 1. The van der Waals surface area contributed by atoms with Gasteiger partial charge in [0.05, 0.1) is 30.9 Å². The van der Waals surface area contributed by atoms with E-state index >= 15 is 0 Å². The van der Waals surface area contributed by atoms with E-state index in [4.69, 9.17) is 4.74 Å². The van der Waals surface area contributed by atoms with E-state index in [-0.39, 0.29) is 11.5 Å². The van der Waals surface area contributed by atoms with E-state index in [1.54, 1.807) is 40.6 Å². The molecule has 0 aliphatic heterocycles. The predicted molar refractivity (Wildman–Crippen MR) is 120 cm³/mol. The molecule has 1 N–H and O–H groups in total. The number of ether oxygens (including phenoxy) is 1. The van der Waals surface area contributed by atoms with Gasteiger partial charge >= 0.3 is 0 Å². The summed E-state index contributed by atoms with van der Waals surface area (Å²) in [6.07, 6.45) is 1.61. The van der Waals surface area contributed by atoms with Crippen LogP contribution in [0.15, 0.2) is 59.5 Å². The first-order valence-electron chi connectivity index (χ1n) is 10.0. The number of aromatic nitrogens is 3. The van der Waals surface area contributed by atoms with Crippen molar-refractivity contribution < 1.29 is 9.53 Å². The number of fused-ring (bicyclic) bond motifs is 3. The molecule has 2 aromatic carbocycles.